The van der Waals surface area contributed by atoms with E-state index in [1.54, 1.807) is 19.6 Å². The molecule has 0 unspecified atom stereocenters. The van der Waals surface area contributed by atoms with Crippen LogP contribution in [0.3, 0.4) is 0 Å². The maximum atomic E-state index is 5.61. The topological polar surface area (TPSA) is 60.4 Å². The molecule has 0 bridgehead atoms. The highest BCUT2D eigenvalue weighted by atomic mass is 16.5. The largest absolute Gasteiger partial charge is 0.469 e. The summed E-state index contributed by atoms with van der Waals surface area (Å²) < 4.78 is 15.8. The zero-order valence-corrected chi connectivity index (χ0v) is 10.0. The molecule has 0 radical (unpaired) electrons. The number of ether oxygens (including phenoxy) is 1. The van der Waals surface area contributed by atoms with Crippen molar-refractivity contribution in [2.45, 2.75) is 13.5 Å². The quantitative estimate of drug-likeness (QED) is 0.777. The fourth-order valence-electron chi connectivity index (χ4n) is 1.53. The second-order valence-corrected chi connectivity index (χ2v) is 3.68. The van der Waals surface area contributed by atoms with Gasteiger partial charge in [0.2, 0.25) is 5.89 Å². The lowest BCUT2D eigenvalue weighted by molar-refractivity contribution is 0.198. The molecule has 0 aliphatic carbocycles. The highest BCUT2D eigenvalue weighted by molar-refractivity contribution is 5.58. The molecule has 1 N–H and O–H groups in total. The van der Waals surface area contributed by atoms with Gasteiger partial charge in [-0.25, -0.2) is 4.98 Å². The lowest BCUT2D eigenvalue weighted by Crippen LogP contribution is -2.18. The highest BCUT2D eigenvalue weighted by Crippen LogP contribution is 2.24. The van der Waals surface area contributed by atoms with E-state index in [2.05, 4.69) is 10.3 Å². The van der Waals surface area contributed by atoms with Crippen molar-refractivity contribution in [3.05, 3.63) is 30.2 Å². The Morgan fingerprint density at radius 3 is 3.06 bits per heavy atom. The molecular weight excluding hydrogens is 220 g/mol. The van der Waals surface area contributed by atoms with Gasteiger partial charge in [-0.3, -0.25) is 0 Å². The molecule has 2 aromatic heterocycles. The first-order chi connectivity index (χ1) is 8.31. The van der Waals surface area contributed by atoms with Crippen molar-refractivity contribution in [3.8, 4) is 11.3 Å². The van der Waals surface area contributed by atoms with Crippen molar-refractivity contribution in [2.24, 2.45) is 0 Å². The summed E-state index contributed by atoms with van der Waals surface area (Å²) in [6.07, 6.45) is 3.36. The summed E-state index contributed by atoms with van der Waals surface area (Å²) >= 11 is 0. The molecule has 0 saturated carbocycles. The van der Waals surface area contributed by atoms with Crippen LogP contribution < -0.4 is 5.32 Å². The number of hydrogen-bond acceptors (Lipinski definition) is 5. The number of aromatic nitrogens is 1. The molecular formula is C12H16N2O3. The molecule has 92 valence electrons. The minimum absolute atomic E-state index is 0.597. The van der Waals surface area contributed by atoms with Gasteiger partial charge < -0.3 is 18.9 Å². The molecule has 0 fully saturated rings. The van der Waals surface area contributed by atoms with Gasteiger partial charge in [0.25, 0.3) is 0 Å². The molecule has 0 amide bonds. The minimum atomic E-state index is 0.597. The van der Waals surface area contributed by atoms with E-state index in [-0.39, 0.29) is 0 Å². The van der Waals surface area contributed by atoms with Crippen LogP contribution in [0.1, 0.15) is 11.7 Å². The molecule has 0 atom stereocenters. The van der Waals surface area contributed by atoms with Crippen LogP contribution in [0.4, 0.5) is 0 Å². The Labute approximate surface area is 99.8 Å². The van der Waals surface area contributed by atoms with Crippen molar-refractivity contribution in [1.82, 2.24) is 10.3 Å². The van der Waals surface area contributed by atoms with E-state index in [9.17, 15) is 0 Å². The van der Waals surface area contributed by atoms with Gasteiger partial charge in [0.15, 0.2) is 5.76 Å². The molecule has 2 rings (SSSR count). The molecule has 2 aromatic rings. The van der Waals surface area contributed by atoms with Crippen molar-refractivity contribution in [3.63, 3.8) is 0 Å². The van der Waals surface area contributed by atoms with Gasteiger partial charge in [-0.1, -0.05) is 0 Å². The van der Waals surface area contributed by atoms with Crippen LogP contribution in [-0.2, 0) is 11.3 Å². The van der Waals surface area contributed by atoms with Gasteiger partial charge in [0.1, 0.15) is 5.76 Å². The van der Waals surface area contributed by atoms with E-state index in [0.717, 1.165) is 23.6 Å². The Morgan fingerprint density at radius 1 is 1.47 bits per heavy atom. The van der Waals surface area contributed by atoms with E-state index < -0.39 is 0 Å². The summed E-state index contributed by atoms with van der Waals surface area (Å²) in [6.45, 7) is 3.95. The second-order valence-electron chi connectivity index (χ2n) is 3.68. The zero-order valence-electron chi connectivity index (χ0n) is 10.0. The summed E-state index contributed by atoms with van der Waals surface area (Å²) in [6, 6.07) is 1.87. The molecule has 5 heteroatoms. The van der Waals surface area contributed by atoms with Crippen molar-refractivity contribution < 1.29 is 13.6 Å². The van der Waals surface area contributed by atoms with Crippen LogP contribution in [0, 0.1) is 6.92 Å². The van der Waals surface area contributed by atoms with Crippen LogP contribution in [-0.4, -0.2) is 25.2 Å². The van der Waals surface area contributed by atoms with Crippen LogP contribution >= 0.6 is 0 Å². The first kappa shape index (κ1) is 11.9. The number of oxazole rings is 1. The van der Waals surface area contributed by atoms with Crippen molar-refractivity contribution in [2.75, 3.05) is 20.3 Å². The van der Waals surface area contributed by atoms with Crippen LogP contribution in [0.5, 0.6) is 0 Å². The third-order valence-corrected chi connectivity index (χ3v) is 2.44. The first-order valence-electron chi connectivity index (χ1n) is 5.50. The lowest BCUT2D eigenvalue weighted by Gasteiger charge is -1.99. The Kier molecular flexibility index (Phi) is 3.95. The van der Waals surface area contributed by atoms with Crippen molar-refractivity contribution >= 4 is 0 Å². The summed E-state index contributed by atoms with van der Waals surface area (Å²) in [4.78, 5) is 4.20. The summed E-state index contributed by atoms with van der Waals surface area (Å²) in [5.41, 5.74) is 0.945. The fourth-order valence-corrected chi connectivity index (χ4v) is 1.53. The van der Waals surface area contributed by atoms with Gasteiger partial charge in [0.05, 0.1) is 31.2 Å². The predicted molar refractivity (Wildman–Crippen MR) is 62.5 cm³/mol. The maximum absolute atomic E-state index is 5.61. The Hall–Kier alpha value is -1.59. The van der Waals surface area contributed by atoms with Crippen LogP contribution in [0.15, 0.2) is 27.4 Å². The van der Waals surface area contributed by atoms with Gasteiger partial charge in [-0.05, 0) is 13.0 Å². The first-order valence-corrected chi connectivity index (χ1v) is 5.50. The molecule has 17 heavy (non-hydrogen) atoms. The number of rotatable bonds is 6. The molecule has 0 aliphatic rings. The number of hydrogen-bond donors (Lipinski definition) is 1. The van der Waals surface area contributed by atoms with Gasteiger partial charge in [-0.15, -0.1) is 0 Å². The SMILES string of the molecule is COCCNCc1ncc(-c2ccoc2C)o1. The Balaban J connectivity index is 1.95. The van der Waals surface area contributed by atoms with E-state index in [0.29, 0.717) is 19.0 Å². The van der Waals surface area contributed by atoms with Crippen LogP contribution in [0.25, 0.3) is 11.3 Å². The number of furan rings is 1. The Bertz CT molecular complexity index is 462. The highest BCUT2D eigenvalue weighted by Gasteiger charge is 2.10. The third kappa shape index (κ3) is 2.95. The minimum Gasteiger partial charge on any atom is -0.469 e. The molecule has 0 aliphatic heterocycles. The standard InChI is InChI=1S/C12H16N2O3/c1-9-10(3-5-16-9)11-7-14-12(17-11)8-13-4-6-15-2/h3,5,7,13H,4,6,8H2,1-2H3. The second kappa shape index (κ2) is 5.65. The lowest BCUT2D eigenvalue weighted by atomic mass is 10.2. The average molecular weight is 236 g/mol. The molecule has 2 heterocycles. The molecule has 5 nitrogen and oxygen atoms in total. The number of nitrogens with one attached hydrogen (secondary N) is 1. The van der Waals surface area contributed by atoms with Crippen LogP contribution in [0.2, 0.25) is 0 Å². The summed E-state index contributed by atoms with van der Waals surface area (Å²) in [5.74, 6) is 2.23. The number of nitrogens with zero attached hydrogens (tertiary/aromatic N) is 1. The van der Waals surface area contributed by atoms with Gasteiger partial charge >= 0.3 is 0 Å². The number of methoxy groups -OCH3 is 1. The molecule has 0 aromatic carbocycles. The summed E-state index contributed by atoms with van der Waals surface area (Å²) in [7, 11) is 1.67. The molecule has 0 saturated heterocycles. The number of aryl methyl sites for hydroxylation is 1. The normalized spacial score (nSPS) is 10.9. The zero-order chi connectivity index (χ0) is 12.1. The third-order valence-electron chi connectivity index (χ3n) is 2.44. The van der Waals surface area contributed by atoms with E-state index in [4.69, 9.17) is 13.6 Å². The van der Waals surface area contributed by atoms with E-state index in [1.807, 2.05) is 13.0 Å². The van der Waals surface area contributed by atoms with Crippen molar-refractivity contribution in [1.29, 1.82) is 0 Å². The summed E-state index contributed by atoms with van der Waals surface area (Å²) in [5, 5.41) is 3.17. The fraction of sp³-hybridized carbons (Fsp3) is 0.417. The maximum Gasteiger partial charge on any atom is 0.208 e. The monoisotopic (exact) mass is 236 g/mol. The Morgan fingerprint density at radius 2 is 2.35 bits per heavy atom. The van der Waals surface area contributed by atoms with Gasteiger partial charge in [0, 0.05) is 13.7 Å². The predicted octanol–water partition coefficient (Wildman–Crippen LogP) is 1.98. The molecule has 0 spiro atoms. The van der Waals surface area contributed by atoms with E-state index in [1.165, 1.54) is 0 Å². The smallest absolute Gasteiger partial charge is 0.208 e. The van der Waals surface area contributed by atoms with E-state index >= 15 is 0 Å². The van der Waals surface area contributed by atoms with Gasteiger partial charge in [-0.2, -0.15) is 0 Å². The average Bonchev–Trinajstić information content (AvgIpc) is 2.93.